The second kappa shape index (κ2) is 7.11. The Morgan fingerprint density at radius 2 is 1.77 bits per heavy atom. The van der Waals surface area contributed by atoms with Crippen LogP contribution in [0.5, 0.6) is 11.5 Å². The molecule has 0 fully saturated rings. The van der Waals surface area contributed by atoms with Crippen molar-refractivity contribution < 1.29 is 15.0 Å². The molecule has 2 aromatic carbocycles. The Hall–Kier alpha value is -4.00. The molecule has 0 spiro atoms. The number of rotatable bonds is 2. The van der Waals surface area contributed by atoms with Gasteiger partial charge in [0.1, 0.15) is 17.0 Å². The number of phenolic OH excluding ortho intramolecular Hbond substituents is 2. The van der Waals surface area contributed by atoms with E-state index in [9.17, 15) is 15.0 Å². The molecule has 148 valence electrons. The molecule has 0 saturated carbocycles. The molecule has 5 rings (SSSR count). The van der Waals surface area contributed by atoms with E-state index in [4.69, 9.17) is 0 Å². The van der Waals surface area contributed by atoms with Gasteiger partial charge in [-0.1, -0.05) is 6.07 Å². The molecule has 0 aliphatic carbocycles. The van der Waals surface area contributed by atoms with Gasteiger partial charge in [-0.3, -0.25) is 19.7 Å². The Morgan fingerprint density at radius 1 is 0.933 bits per heavy atom. The first kappa shape index (κ1) is 18.1. The standard InChI is InChI=1S/C23H18N4O3/c28-16-4-5-17(22(29)11-16)23(30)27-9-1-2-15-10-14(3-6-21(15)27)18-12-19-20(13-26-18)25-8-7-24-19/h3-8,10-13,28-29H,1-2,9H2. The average Bonchev–Trinajstić information content (AvgIpc) is 2.77. The van der Waals surface area contributed by atoms with E-state index in [2.05, 4.69) is 21.0 Å². The summed E-state index contributed by atoms with van der Waals surface area (Å²) < 4.78 is 0. The molecule has 1 aliphatic heterocycles. The summed E-state index contributed by atoms with van der Waals surface area (Å²) >= 11 is 0. The van der Waals surface area contributed by atoms with Crippen molar-refractivity contribution in [2.45, 2.75) is 12.8 Å². The first-order valence-corrected chi connectivity index (χ1v) is 9.64. The normalized spacial score (nSPS) is 13.3. The van der Waals surface area contributed by atoms with E-state index in [0.29, 0.717) is 6.54 Å². The van der Waals surface area contributed by atoms with Gasteiger partial charge in [0.05, 0.1) is 23.0 Å². The molecule has 3 heterocycles. The van der Waals surface area contributed by atoms with E-state index in [-0.39, 0.29) is 23.0 Å². The summed E-state index contributed by atoms with van der Waals surface area (Å²) in [6.45, 7) is 0.565. The highest BCUT2D eigenvalue weighted by molar-refractivity contribution is 6.08. The lowest BCUT2D eigenvalue weighted by atomic mass is 9.97. The third-order valence-corrected chi connectivity index (χ3v) is 5.31. The first-order chi connectivity index (χ1) is 14.6. The number of carbonyl (C=O) groups is 1. The summed E-state index contributed by atoms with van der Waals surface area (Å²) in [5.74, 6) is -0.606. The van der Waals surface area contributed by atoms with Crippen LogP contribution in [0, 0.1) is 0 Å². The van der Waals surface area contributed by atoms with Crippen LogP contribution in [0.4, 0.5) is 5.69 Å². The molecule has 1 aliphatic rings. The van der Waals surface area contributed by atoms with Crippen LogP contribution in [0.15, 0.2) is 61.1 Å². The topological polar surface area (TPSA) is 99.4 Å². The zero-order chi connectivity index (χ0) is 20.7. The Morgan fingerprint density at radius 3 is 2.60 bits per heavy atom. The predicted molar refractivity (Wildman–Crippen MR) is 113 cm³/mol. The van der Waals surface area contributed by atoms with Crippen molar-refractivity contribution >= 4 is 22.6 Å². The van der Waals surface area contributed by atoms with Crippen molar-refractivity contribution in [1.29, 1.82) is 0 Å². The lowest BCUT2D eigenvalue weighted by molar-refractivity contribution is 0.0982. The number of amides is 1. The number of aromatic nitrogens is 3. The summed E-state index contributed by atoms with van der Waals surface area (Å²) in [4.78, 5) is 27.8. The number of hydrogen-bond donors (Lipinski definition) is 2. The van der Waals surface area contributed by atoms with Crippen LogP contribution in [0.3, 0.4) is 0 Å². The van der Waals surface area contributed by atoms with E-state index >= 15 is 0 Å². The minimum Gasteiger partial charge on any atom is -0.508 e. The number of hydrogen-bond acceptors (Lipinski definition) is 6. The van der Waals surface area contributed by atoms with Gasteiger partial charge in [-0.25, -0.2) is 0 Å². The van der Waals surface area contributed by atoms with Gasteiger partial charge >= 0.3 is 0 Å². The number of aryl methyl sites for hydroxylation is 1. The molecule has 2 N–H and O–H groups in total. The van der Waals surface area contributed by atoms with Crippen LogP contribution in [-0.4, -0.2) is 37.6 Å². The average molecular weight is 398 g/mol. The van der Waals surface area contributed by atoms with Crippen molar-refractivity contribution in [2.75, 3.05) is 11.4 Å². The number of aromatic hydroxyl groups is 2. The van der Waals surface area contributed by atoms with Gasteiger partial charge in [0.25, 0.3) is 5.91 Å². The van der Waals surface area contributed by atoms with E-state index in [1.807, 2.05) is 18.2 Å². The number of pyridine rings is 1. The summed E-state index contributed by atoms with van der Waals surface area (Å²) in [5.41, 5.74) is 5.30. The molecule has 0 bridgehead atoms. The van der Waals surface area contributed by atoms with E-state index in [1.54, 1.807) is 23.5 Å². The SMILES string of the molecule is O=C(c1ccc(O)cc1O)N1CCCc2cc(-c3cc4nccnc4cn3)ccc21. The number of nitrogens with zero attached hydrogens (tertiary/aromatic N) is 4. The zero-order valence-electron chi connectivity index (χ0n) is 16.0. The Bertz CT molecular complexity index is 1290. The second-order valence-corrected chi connectivity index (χ2v) is 7.22. The minimum atomic E-state index is -0.291. The largest absolute Gasteiger partial charge is 0.508 e. The molecule has 1 amide bonds. The van der Waals surface area contributed by atoms with E-state index in [0.717, 1.165) is 46.4 Å². The number of phenols is 2. The van der Waals surface area contributed by atoms with Gasteiger partial charge in [0.15, 0.2) is 0 Å². The van der Waals surface area contributed by atoms with Crippen molar-refractivity contribution in [1.82, 2.24) is 15.0 Å². The van der Waals surface area contributed by atoms with Crippen molar-refractivity contribution in [3.05, 3.63) is 72.2 Å². The smallest absolute Gasteiger partial charge is 0.262 e. The molecule has 7 nitrogen and oxygen atoms in total. The molecule has 0 saturated heterocycles. The molecule has 0 unspecified atom stereocenters. The van der Waals surface area contributed by atoms with Crippen LogP contribution in [-0.2, 0) is 6.42 Å². The predicted octanol–water partition coefficient (Wildman–Crippen LogP) is 3.70. The minimum absolute atomic E-state index is 0.0830. The fourth-order valence-corrected chi connectivity index (χ4v) is 3.84. The van der Waals surface area contributed by atoms with E-state index in [1.165, 1.54) is 18.2 Å². The van der Waals surface area contributed by atoms with Crippen molar-refractivity contribution in [3.63, 3.8) is 0 Å². The fraction of sp³-hybridized carbons (Fsp3) is 0.130. The van der Waals surface area contributed by atoms with Gasteiger partial charge < -0.3 is 15.1 Å². The zero-order valence-corrected chi connectivity index (χ0v) is 16.0. The second-order valence-electron chi connectivity index (χ2n) is 7.22. The maximum Gasteiger partial charge on any atom is 0.262 e. The molecular weight excluding hydrogens is 380 g/mol. The highest BCUT2D eigenvalue weighted by atomic mass is 16.3. The Balaban J connectivity index is 1.51. The lowest BCUT2D eigenvalue weighted by Gasteiger charge is -2.30. The van der Waals surface area contributed by atoms with Crippen LogP contribution in [0.25, 0.3) is 22.3 Å². The van der Waals surface area contributed by atoms with Crippen LogP contribution in [0.2, 0.25) is 0 Å². The van der Waals surface area contributed by atoms with Gasteiger partial charge in [-0.2, -0.15) is 0 Å². The van der Waals surface area contributed by atoms with E-state index < -0.39 is 0 Å². The first-order valence-electron chi connectivity index (χ1n) is 9.64. The third-order valence-electron chi connectivity index (χ3n) is 5.31. The molecular formula is C23H18N4O3. The molecule has 0 radical (unpaired) electrons. The summed E-state index contributed by atoms with van der Waals surface area (Å²) in [6.07, 6.45) is 6.67. The quantitative estimate of drug-likeness (QED) is 0.534. The summed E-state index contributed by atoms with van der Waals surface area (Å²) in [7, 11) is 0. The van der Waals surface area contributed by atoms with Crippen LogP contribution in [0.1, 0.15) is 22.3 Å². The van der Waals surface area contributed by atoms with Crippen molar-refractivity contribution in [3.8, 4) is 22.8 Å². The molecule has 2 aromatic heterocycles. The molecule has 0 atom stereocenters. The summed E-state index contributed by atoms with van der Waals surface area (Å²) in [6, 6.07) is 11.8. The van der Waals surface area contributed by atoms with Gasteiger partial charge in [-0.05, 0) is 48.7 Å². The summed E-state index contributed by atoms with van der Waals surface area (Å²) in [5, 5.41) is 19.6. The fourth-order valence-electron chi connectivity index (χ4n) is 3.84. The molecule has 30 heavy (non-hydrogen) atoms. The van der Waals surface area contributed by atoms with Crippen molar-refractivity contribution in [2.24, 2.45) is 0 Å². The highest BCUT2D eigenvalue weighted by Crippen LogP contribution is 2.34. The Labute approximate surface area is 172 Å². The Kier molecular flexibility index (Phi) is 4.28. The maximum atomic E-state index is 13.1. The maximum absolute atomic E-state index is 13.1. The number of fused-ring (bicyclic) bond motifs is 2. The number of benzene rings is 2. The highest BCUT2D eigenvalue weighted by Gasteiger charge is 2.26. The van der Waals surface area contributed by atoms with Gasteiger partial charge in [-0.15, -0.1) is 0 Å². The van der Waals surface area contributed by atoms with Gasteiger partial charge in [0, 0.05) is 36.3 Å². The monoisotopic (exact) mass is 398 g/mol. The van der Waals surface area contributed by atoms with Gasteiger partial charge in [0.2, 0.25) is 0 Å². The number of carbonyl (C=O) groups excluding carboxylic acids is 1. The van der Waals surface area contributed by atoms with Crippen LogP contribution >= 0.6 is 0 Å². The molecule has 4 aromatic rings. The van der Waals surface area contributed by atoms with Crippen LogP contribution < -0.4 is 4.90 Å². The number of anilines is 1. The lowest BCUT2D eigenvalue weighted by Crippen LogP contribution is -2.35. The third kappa shape index (κ3) is 3.10. The molecule has 7 heteroatoms.